The highest BCUT2D eigenvalue weighted by atomic mass is 19.1. The predicted molar refractivity (Wildman–Crippen MR) is 48.3 cm³/mol. The Bertz CT molecular complexity index is 338. The molecule has 0 amide bonds. The van der Waals surface area contributed by atoms with Gasteiger partial charge in [0, 0.05) is 12.5 Å². The maximum Gasteiger partial charge on any atom is 0.146 e. The summed E-state index contributed by atoms with van der Waals surface area (Å²) in [5, 5.41) is 2.96. The van der Waals surface area contributed by atoms with Gasteiger partial charge in [0.2, 0.25) is 0 Å². The first-order chi connectivity index (χ1) is 6.33. The summed E-state index contributed by atoms with van der Waals surface area (Å²) in [5.74, 6) is -0.420. The van der Waals surface area contributed by atoms with Gasteiger partial charge in [0.25, 0.3) is 0 Å². The Morgan fingerprint density at radius 1 is 1.54 bits per heavy atom. The smallest absolute Gasteiger partial charge is 0.146 e. The summed E-state index contributed by atoms with van der Waals surface area (Å²) in [6.07, 6.45) is 1.64. The summed E-state index contributed by atoms with van der Waals surface area (Å²) >= 11 is 0. The quantitative estimate of drug-likeness (QED) is 0.667. The molecule has 68 valence electrons. The van der Waals surface area contributed by atoms with Crippen LogP contribution in [0.25, 0.3) is 0 Å². The monoisotopic (exact) mass is 179 g/mol. The van der Waals surface area contributed by atoms with Crippen LogP contribution in [0.1, 0.15) is 17.9 Å². The first-order valence-electron chi connectivity index (χ1n) is 4.30. The van der Waals surface area contributed by atoms with Crippen molar-refractivity contribution in [3.63, 3.8) is 0 Å². The molecule has 2 rings (SSSR count). The lowest BCUT2D eigenvalue weighted by molar-refractivity contribution is -0.109. The van der Waals surface area contributed by atoms with E-state index in [0.717, 1.165) is 18.3 Å². The van der Waals surface area contributed by atoms with Crippen LogP contribution in [0.5, 0.6) is 0 Å². The van der Waals surface area contributed by atoms with Crippen molar-refractivity contribution in [1.29, 1.82) is 0 Å². The van der Waals surface area contributed by atoms with Gasteiger partial charge in [-0.3, -0.25) is 0 Å². The fraction of sp³-hybridized carbons (Fsp3) is 0.300. The van der Waals surface area contributed by atoms with E-state index < -0.39 is 0 Å². The van der Waals surface area contributed by atoms with E-state index in [2.05, 4.69) is 5.32 Å². The average molecular weight is 179 g/mol. The van der Waals surface area contributed by atoms with Crippen molar-refractivity contribution in [3.05, 3.63) is 29.6 Å². The second-order valence-electron chi connectivity index (χ2n) is 3.16. The molecular formula is C10H10FNO. The number of anilines is 1. The van der Waals surface area contributed by atoms with Crippen LogP contribution < -0.4 is 5.32 Å². The molecule has 1 aromatic rings. The third-order valence-electron chi connectivity index (χ3n) is 2.37. The van der Waals surface area contributed by atoms with Gasteiger partial charge in [0.15, 0.2) is 0 Å². The SMILES string of the molecule is O=CC1CCNc2c(F)cccc21. The van der Waals surface area contributed by atoms with Crippen LogP contribution >= 0.6 is 0 Å². The Balaban J connectivity index is 2.51. The highest BCUT2D eigenvalue weighted by molar-refractivity contribution is 5.70. The molecule has 2 nitrogen and oxygen atoms in total. The molecule has 0 saturated carbocycles. The van der Waals surface area contributed by atoms with E-state index in [-0.39, 0.29) is 11.7 Å². The van der Waals surface area contributed by atoms with Crippen LogP contribution in [0.2, 0.25) is 0 Å². The Labute approximate surface area is 75.8 Å². The minimum atomic E-state index is -0.274. The van der Waals surface area contributed by atoms with E-state index in [1.54, 1.807) is 12.1 Å². The number of rotatable bonds is 1. The van der Waals surface area contributed by atoms with Gasteiger partial charge in [0.05, 0.1) is 5.69 Å². The summed E-state index contributed by atoms with van der Waals surface area (Å²) < 4.78 is 13.2. The molecule has 0 fully saturated rings. The fourth-order valence-electron chi connectivity index (χ4n) is 1.69. The normalized spacial score (nSPS) is 20.2. The molecule has 1 aliphatic rings. The zero-order chi connectivity index (χ0) is 9.26. The van der Waals surface area contributed by atoms with Crippen molar-refractivity contribution >= 4 is 12.0 Å². The Morgan fingerprint density at radius 2 is 2.38 bits per heavy atom. The summed E-state index contributed by atoms with van der Waals surface area (Å²) in [5.41, 5.74) is 1.27. The molecule has 1 atom stereocenters. The highest BCUT2D eigenvalue weighted by Crippen LogP contribution is 2.31. The molecule has 0 aliphatic carbocycles. The molecule has 1 N–H and O–H groups in total. The second kappa shape index (κ2) is 3.17. The number of hydrogen-bond acceptors (Lipinski definition) is 2. The lowest BCUT2D eigenvalue weighted by Gasteiger charge is -2.22. The minimum Gasteiger partial charge on any atom is -0.382 e. The van der Waals surface area contributed by atoms with Gasteiger partial charge in [-0.05, 0) is 18.1 Å². The van der Waals surface area contributed by atoms with Crippen molar-refractivity contribution in [3.8, 4) is 0 Å². The topological polar surface area (TPSA) is 29.1 Å². The molecule has 1 aromatic carbocycles. The molecule has 3 heteroatoms. The number of carbonyl (C=O) groups excluding carboxylic acids is 1. The van der Waals surface area contributed by atoms with Gasteiger partial charge in [-0.25, -0.2) is 4.39 Å². The Morgan fingerprint density at radius 3 is 3.15 bits per heavy atom. The third kappa shape index (κ3) is 1.30. The zero-order valence-electron chi connectivity index (χ0n) is 7.09. The van der Waals surface area contributed by atoms with Gasteiger partial charge in [0.1, 0.15) is 12.1 Å². The Kier molecular flexibility index (Phi) is 2.00. The number of nitrogens with one attached hydrogen (secondary N) is 1. The van der Waals surface area contributed by atoms with Crippen LogP contribution in [0, 0.1) is 5.82 Å². The van der Waals surface area contributed by atoms with E-state index >= 15 is 0 Å². The number of benzene rings is 1. The first kappa shape index (κ1) is 8.23. The van der Waals surface area contributed by atoms with Crippen molar-refractivity contribution in [2.45, 2.75) is 12.3 Å². The number of para-hydroxylation sites is 1. The highest BCUT2D eigenvalue weighted by Gasteiger charge is 2.21. The Hall–Kier alpha value is -1.38. The van der Waals surface area contributed by atoms with E-state index in [1.165, 1.54) is 6.07 Å². The summed E-state index contributed by atoms with van der Waals surface area (Å²) in [6.45, 7) is 0.664. The lowest BCUT2D eigenvalue weighted by atomic mass is 9.92. The van der Waals surface area contributed by atoms with Crippen molar-refractivity contribution in [2.75, 3.05) is 11.9 Å². The van der Waals surface area contributed by atoms with E-state index in [1.807, 2.05) is 0 Å². The standard InChI is InChI=1S/C10H10FNO/c11-9-3-1-2-8-7(6-13)4-5-12-10(8)9/h1-3,6-7,12H,4-5H2. The predicted octanol–water partition coefficient (Wildman–Crippen LogP) is 1.92. The van der Waals surface area contributed by atoms with Crippen LogP contribution in [0.3, 0.4) is 0 Å². The van der Waals surface area contributed by atoms with Gasteiger partial charge in [-0.15, -0.1) is 0 Å². The van der Waals surface area contributed by atoms with E-state index in [4.69, 9.17) is 0 Å². The average Bonchev–Trinajstić information content (AvgIpc) is 2.18. The van der Waals surface area contributed by atoms with Gasteiger partial charge >= 0.3 is 0 Å². The zero-order valence-corrected chi connectivity index (χ0v) is 7.09. The van der Waals surface area contributed by atoms with Crippen LogP contribution in [0.4, 0.5) is 10.1 Å². The van der Waals surface area contributed by atoms with Crippen LogP contribution in [0.15, 0.2) is 18.2 Å². The number of hydrogen-bond donors (Lipinski definition) is 1. The molecule has 1 unspecified atom stereocenters. The summed E-state index contributed by atoms with van der Waals surface area (Å²) in [4.78, 5) is 10.7. The molecule has 0 radical (unpaired) electrons. The largest absolute Gasteiger partial charge is 0.382 e. The minimum absolute atomic E-state index is 0.146. The number of halogens is 1. The molecule has 0 saturated heterocycles. The summed E-state index contributed by atoms with van der Waals surface area (Å²) in [7, 11) is 0. The van der Waals surface area contributed by atoms with Crippen molar-refractivity contribution in [1.82, 2.24) is 0 Å². The second-order valence-corrected chi connectivity index (χ2v) is 3.16. The molecule has 0 spiro atoms. The van der Waals surface area contributed by atoms with Gasteiger partial charge in [-0.2, -0.15) is 0 Å². The van der Waals surface area contributed by atoms with Crippen LogP contribution in [-0.4, -0.2) is 12.8 Å². The number of fused-ring (bicyclic) bond motifs is 1. The van der Waals surface area contributed by atoms with Crippen LogP contribution in [-0.2, 0) is 4.79 Å². The van der Waals surface area contributed by atoms with E-state index in [0.29, 0.717) is 12.2 Å². The lowest BCUT2D eigenvalue weighted by Crippen LogP contribution is -2.18. The third-order valence-corrected chi connectivity index (χ3v) is 2.37. The molecule has 13 heavy (non-hydrogen) atoms. The molecule has 0 aromatic heterocycles. The molecule has 0 bridgehead atoms. The fourth-order valence-corrected chi connectivity index (χ4v) is 1.69. The number of carbonyl (C=O) groups is 1. The van der Waals surface area contributed by atoms with Gasteiger partial charge < -0.3 is 10.1 Å². The molecule has 1 heterocycles. The molecular weight excluding hydrogens is 169 g/mol. The van der Waals surface area contributed by atoms with Crippen molar-refractivity contribution in [2.24, 2.45) is 0 Å². The molecule has 1 aliphatic heterocycles. The van der Waals surface area contributed by atoms with Gasteiger partial charge in [-0.1, -0.05) is 12.1 Å². The summed E-state index contributed by atoms with van der Waals surface area (Å²) in [6, 6.07) is 4.83. The first-order valence-corrected chi connectivity index (χ1v) is 4.30. The van der Waals surface area contributed by atoms with Crippen molar-refractivity contribution < 1.29 is 9.18 Å². The van der Waals surface area contributed by atoms with E-state index in [9.17, 15) is 9.18 Å². The maximum absolute atomic E-state index is 13.2. The number of aldehydes is 1. The maximum atomic E-state index is 13.2.